The summed E-state index contributed by atoms with van der Waals surface area (Å²) < 4.78 is 0. The number of anilines is 2. The zero-order valence-corrected chi connectivity index (χ0v) is 15.5. The van der Waals surface area contributed by atoms with Crippen LogP contribution in [0.2, 0.25) is 0 Å². The molecule has 4 nitrogen and oxygen atoms in total. The van der Waals surface area contributed by atoms with E-state index in [-0.39, 0.29) is 23.1 Å². The van der Waals surface area contributed by atoms with Gasteiger partial charge in [-0.25, -0.2) is 0 Å². The molecule has 1 heterocycles. The molecule has 1 atom stereocenters. The molecule has 4 rings (SSSR count). The van der Waals surface area contributed by atoms with Crippen LogP contribution in [0.25, 0.3) is 0 Å². The van der Waals surface area contributed by atoms with Crippen molar-refractivity contribution in [1.29, 1.82) is 0 Å². The SMILES string of the molecule is CN(C)c1ccc(C2N(c3ccccc3O)C(=O)C23CCCCC3)cc1. The van der Waals surface area contributed by atoms with Gasteiger partial charge < -0.3 is 10.0 Å². The Bertz CT molecular complexity index is 807. The first kappa shape index (κ1) is 17.0. The lowest BCUT2D eigenvalue weighted by molar-refractivity contribution is -0.143. The quantitative estimate of drug-likeness (QED) is 0.829. The van der Waals surface area contributed by atoms with Crippen molar-refractivity contribution in [2.45, 2.75) is 38.1 Å². The first-order valence-corrected chi connectivity index (χ1v) is 9.43. The number of carbonyl (C=O) groups is 1. The van der Waals surface area contributed by atoms with E-state index in [1.54, 1.807) is 12.1 Å². The topological polar surface area (TPSA) is 43.8 Å². The third-order valence-electron chi connectivity index (χ3n) is 6.04. The maximum atomic E-state index is 13.3. The highest BCUT2D eigenvalue weighted by atomic mass is 16.3. The molecule has 0 radical (unpaired) electrons. The summed E-state index contributed by atoms with van der Waals surface area (Å²) >= 11 is 0. The molecule has 1 aliphatic carbocycles. The van der Waals surface area contributed by atoms with E-state index in [4.69, 9.17) is 0 Å². The van der Waals surface area contributed by atoms with E-state index in [1.807, 2.05) is 31.1 Å². The van der Waals surface area contributed by atoms with Gasteiger partial charge in [0.1, 0.15) is 5.75 Å². The number of β-lactam (4-membered cyclic amide) rings is 1. The predicted octanol–water partition coefficient (Wildman–Crippen LogP) is 4.50. The van der Waals surface area contributed by atoms with Gasteiger partial charge in [-0.1, -0.05) is 43.5 Å². The number of amides is 1. The fraction of sp³-hybridized carbons (Fsp3) is 0.409. The van der Waals surface area contributed by atoms with Gasteiger partial charge in [-0.05, 0) is 42.7 Å². The Hall–Kier alpha value is -2.49. The van der Waals surface area contributed by atoms with Crippen molar-refractivity contribution < 1.29 is 9.90 Å². The lowest BCUT2D eigenvalue weighted by Gasteiger charge is -2.58. The van der Waals surface area contributed by atoms with Crippen molar-refractivity contribution >= 4 is 17.3 Å². The molecular weight excluding hydrogens is 324 g/mol. The average molecular weight is 350 g/mol. The minimum Gasteiger partial charge on any atom is -0.506 e. The number of hydrogen-bond acceptors (Lipinski definition) is 3. The first-order chi connectivity index (χ1) is 12.5. The Morgan fingerprint density at radius 1 is 1.00 bits per heavy atom. The summed E-state index contributed by atoms with van der Waals surface area (Å²) in [7, 11) is 4.05. The number of phenols is 1. The predicted molar refractivity (Wildman–Crippen MR) is 105 cm³/mol. The zero-order valence-electron chi connectivity index (χ0n) is 15.5. The second-order valence-electron chi connectivity index (χ2n) is 7.77. The van der Waals surface area contributed by atoms with Gasteiger partial charge >= 0.3 is 0 Å². The minimum absolute atomic E-state index is 0.000174. The lowest BCUT2D eigenvalue weighted by atomic mass is 9.60. The molecule has 1 N–H and O–H groups in total. The smallest absolute Gasteiger partial charge is 0.236 e. The molecule has 26 heavy (non-hydrogen) atoms. The molecule has 2 aromatic carbocycles. The van der Waals surface area contributed by atoms with E-state index < -0.39 is 0 Å². The maximum Gasteiger partial charge on any atom is 0.236 e. The summed E-state index contributed by atoms with van der Waals surface area (Å²) in [5.41, 5.74) is 2.61. The summed E-state index contributed by atoms with van der Waals surface area (Å²) in [6, 6.07) is 15.6. The number of para-hydroxylation sites is 2. The largest absolute Gasteiger partial charge is 0.506 e. The number of benzene rings is 2. The average Bonchev–Trinajstić information content (AvgIpc) is 2.67. The van der Waals surface area contributed by atoms with Crippen LogP contribution in [0, 0.1) is 5.41 Å². The van der Waals surface area contributed by atoms with Crippen LogP contribution in [0.4, 0.5) is 11.4 Å². The molecule has 1 spiro atoms. The molecule has 2 fully saturated rings. The van der Waals surface area contributed by atoms with Crippen LogP contribution in [-0.2, 0) is 4.79 Å². The number of hydrogen-bond donors (Lipinski definition) is 1. The number of nitrogens with zero attached hydrogens (tertiary/aromatic N) is 2. The van der Waals surface area contributed by atoms with Crippen LogP contribution in [0.1, 0.15) is 43.7 Å². The highest BCUT2D eigenvalue weighted by Gasteiger charge is 2.61. The molecule has 2 aliphatic rings. The summed E-state index contributed by atoms with van der Waals surface area (Å²) in [6.07, 6.45) is 5.29. The van der Waals surface area contributed by atoms with Gasteiger partial charge in [-0.3, -0.25) is 9.69 Å². The van der Waals surface area contributed by atoms with Crippen molar-refractivity contribution in [2.24, 2.45) is 5.41 Å². The van der Waals surface area contributed by atoms with E-state index in [0.29, 0.717) is 5.69 Å². The summed E-state index contributed by atoms with van der Waals surface area (Å²) in [5.74, 6) is 0.335. The molecular formula is C22H26N2O2. The van der Waals surface area contributed by atoms with Gasteiger partial charge in [-0.15, -0.1) is 0 Å². The standard InChI is InChI=1S/C22H26N2O2/c1-23(2)17-12-10-16(11-13-17)20-22(14-6-3-7-15-22)21(26)24(20)18-8-4-5-9-19(18)25/h4-5,8-13,20,25H,3,6-7,14-15H2,1-2H3. The minimum atomic E-state index is -0.305. The Labute approximate surface area is 155 Å². The van der Waals surface area contributed by atoms with Crippen molar-refractivity contribution in [3.8, 4) is 5.75 Å². The molecule has 1 amide bonds. The van der Waals surface area contributed by atoms with Crippen LogP contribution in [0.15, 0.2) is 48.5 Å². The number of aromatic hydroxyl groups is 1. The normalized spacial score (nSPS) is 21.5. The summed E-state index contributed by atoms with van der Waals surface area (Å²) in [5, 5.41) is 10.3. The van der Waals surface area contributed by atoms with Gasteiger partial charge in [0, 0.05) is 19.8 Å². The van der Waals surface area contributed by atoms with E-state index in [1.165, 1.54) is 6.42 Å². The van der Waals surface area contributed by atoms with Crippen LogP contribution in [0.3, 0.4) is 0 Å². The molecule has 2 aromatic rings. The molecule has 1 aliphatic heterocycles. The number of carbonyl (C=O) groups excluding carboxylic acids is 1. The highest BCUT2D eigenvalue weighted by Crippen LogP contribution is 2.60. The second-order valence-corrected chi connectivity index (χ2v) is 7.77. The molecule has 1 saturated heterocycles. The molecule has 1 unspecified atom stereocenters. The highest BCUT2D eigenvalue weighted by molar-refractivity contribution is 6.07. The monoisotopic (exact) mass is 350 g/mol. The Morgan fingerprint density at radius 3 is 2.27 bits per heavy atom. The fourth-order valence-electron chi connectivity index (χ4n) is 4.66. The van der Waals surface area contributed by atoms with Crippen LogP contribution < -0.4 is 9.80 Å². The second kappa shape index (κ2) is 6.35. The van der Waals surface area contributed by atoms with Crippen LogP contribution >= 0.6 is 0 Å². The third-order valence-corrected chi connectivity index (χ3v) is 6.04. The van der Waals surface area contributed by atoms with Crippen molar-refractivity contribution in [3.05, 3.63) is 54.1 Å². The third kappa shape index (κ3) is 2.47. The van der Waals surface area contributed by atoms with Gasteiger partial charge in [0.2, 0.25) is 5.91 Å². The van der Waals surface area contributed by atoms with Gasteiger partial charge in [-0.2, -0.15) is 0 Å². The fourth-order valence-corrected chi connectivity index (χ4v) is 4.66. The van der Waals surface area contributed by atoms with Crippen LogP contribution in [0.5, 0.6) is 5.75 Å². The molecule has 0 bridgehead atoms. The number of phenolic OH excluding ortho intramolecular Hbond substituents is 1. The van der Waals surface area contributed by atoms with Gasteiger partial charge in [0.05, 0.1) is 17.1 Å². The van der Waals surface area contributed by atoms with Crippen molar-refractivity contribution in [3.63, 3.8) is 0 Å². The molecule has 0 aromatic heterocycles. The van der Waals surface area contributed by atoms with E-state index in [0.717, 1.165) is 36.9 Å². The Morgan fingerprint density at radius 2 is 1.65 bits per heavy atom. The lowest BCUT2D eigenvalue weighted by Crippen LogP contribution is -2.64. The molecule has 4 heteroatoms. The Kier molecular flexibility index (Phi) is 4.14. The van der Waals surface area contributed by atoms with E-state index >= 15 is 0 Å². The van der Waals surface area contributed by atoms with E-state index in [2.05, 4.69) is 29.2 Å². The maximum absolute atomic E-state index is 13.3. The molecule has 136 valence electrons. The van der Waals surface area contributed by atoms with E-state index in [9.17, 15) is 9.90 Å². The number of rotatable bonds is 3. The van der Waals surface area contributed by atoms with Crippen molar-refractivity contribution in [1.82, 2.24) is 0 Å². The molecule has 1 saturated carbocycles. The van der Waals surface area contributed by atoms with Crippen molar-refractivity contribution in [2.75, 3.05) is 23.9 Å². The van der Waals surface area contributed by atoms with Gasteiger partial charge in [0.25, 0.3) is 0 Å². The Balaban J connectivity index is 1.77. The zero-order chi connectivity index (χ0) is 18.3. The first-order valence-electron chi connectivity index (χ1n) is 9.43. The van der Waals surface area contributed by atoms with Crippen LogP contribution in [-0.4, -0.2) is 25.1 Å². The summed E-state index contributed by atoms with van der Waals surface area (Å²) in [6.45, 7) is 0. The van der Waals surface area contributed by atoms with Gasteiger partial charge in [0.15, 0.2) is 0 Å². The summed E-state index contributed by atoms with van der Waals surface area (Å²) in [4.78, 5) is 17.1.